The van der Waals surface area contributed by atoms with E-state index in [9.17, 15) is 4.79 Å². The van der Waals surface area contributed by atoms with E-state index in [4.69, 9.17) is 4.74 Å². The van der Waals surface area contributed by atoms with Gasteiger partial charge in [-0.3, -0.25) is 5.10 Å². The number of esters is 1. The van der Waals surface area contributed by atoms with Crippen LogP contribution in [0.1, 0.15) is 73.6 Å². The molecule has 1 fully saturated rings. The van der Waals surface area contributed by atoms with Gasteiger partial charge in [-0.25, -0.2) is 4.79 Å². The van der Waals surface area contributed by atoms with Crippen LogP contribution >= 0.6 is 0 Å². The molecule has 0 aromatic carbocycles. The maximum atomic E-state index is 12.1. The molecule has 1 aliphatic carbocycles. The number of hydrogen-bond donors (Lipinski definition) is 1. The van der Waals surface area contributed by atoms with Gasteiger partial charge in [-0.1, -0.05) is 26.2 Å². The Balaban J connectivity index is 2.30. The molecule has 0 amide bonds. The average molecular weight is 250 g/mol. The van der Waals surface area contributed by atoms with Crippen LogP contribution in [0.2, 0.25) is 0 Å². The van der Waals surface area contributed by atoms with Crippen molar-refractivity contribution in [1.29, 1.82) is 0 Å². The van der Waals surface area contributed by atoms with E-state index in [1.54, 1.807) is 0 Å². The molecule has 0 radical (unpaired) electrons. The molecule has 1 heterocycles. The summed E-state index contributed by atoms with van der Waals surface area (Å²) in [5.41, 5.74) is 2.60. The van der Waals surface area contributed by atoms with Crippen LogP contribution in [0.3, 0.4) is 0 Å². The zero-order valence-electron chi connectivity index (χ0n) is 11.3. The molecule has 4 heteroatoms. The van der Waals surface area contributed by atoms with Crippen molar-refractivity contribution in [3.8, 4) is 0 Å². The summed E-state index contributed by atoms with van der Waals surface area (Å²) in [6.45, 7) is 4.36. The Bertz CT molecular complexity index is 406. The second-order valence-electron chi connectivity index (χ2n) is 4.91. The number of H-pyrrole nitrogens is 1. The first-order chi connectivity index (χ1) is 8.77. The third kappa shape index (κ3) is 2.57. The molecule has 1 aromatic rings. The molecule has 0 spiro atoms. The highest BCUT2D eigenvalue weighted by Gasteiger charge is 2.28. The molecule has 1 aliphatic rings. The molecule has 0 atom stereocenters. The molecule has 100 valence electrons. The van der Waals surface area contributed by atoms with Crippen molar-refractivity contribution in [1.82, 2.24) is 10.2 Å². The van der Waals surface area contributed by atoms with Crippen molar-refractivity contribution in [2.75, 3.05) is 6.61 Å². The number of aromatic nitrogens is 2. The summed E-state index contributed by atoms with van der Waals surface area (Å²) in [5, 5.41) is 7.43. The third-order valence-electron chi connectivity index (χ3n) is 3.59. The van der Waals surface area contributed by atoms with Crippen LogP contribution in [-0.4, -0.2) is 22.8 Å². The highest BCUT2D eigenvalue weighted by Crippen LogP contribution is 2.35. The summed E-state index contributed by atoms with van der Waals surface area (Å²) >= 11 is 0. The van der Waals surface area contributed by atoms with Crippen LogP contribution in [0, 0.1) is 0 Å². The number of ether oxygens (including phenoxy) is 1. The Kier molecular flexibility index (Phi) is 4.39. The zero-order chi connectivity index (χ0) is 13.0. The molecular formula is C14H22N2O2. The summed E-state index contributed by atoms with van der Waals surface area (Å²) in [6.07, 6.45) is 6.62. The van der Waals surface area contributed by atoms with Crippen LogP contribution in [0.4, 0.5) is 0 Å². The van der Waals surface area contributed by atoms with Gasteiger partial charge in [0.2, 0.25) is 0 Å². The van der Waals surface area contributed by atoms with E-state index >= 15 is 0 Å². The Hall–Kier alpha value is -1.32. The summed E-state index contributed by atoms with van der Waals surface area (Å²) < 4.78 is 5.17. The molecule has 1 N–H and O–H groups in total. The lowest BCUT2D eigenvalue weighted by atomic mass is 9.98. The lowest BCUT2D eigenvalue weighted by molar-refractivity contribution is 0.0523. The number of carbonyl (C=O) groups is 1. The molecule has 0 saturated heterocycles. The van der Waals surface area contributed by atoms with Crippen LogP contribution in [-0.2, 0) is 11.2 Å². The Morgan fingerprint density at radius 2 is 2.11 bits per heavy atom. The van der Waals surface area contributed by atoms with Gasteiger partial charge in [0.1, 0.15) is 5.56 Å². The monoisotopic (exact) mass is 250 g/mol. The van der Waals surface area contributed by atoms with Gasteiger partial charge in [0, 0.05) is 5.92 Å². The minimum atomic E-state index is -0.211. The van der Waals surface area contributed by atoms with Gasteiger partial charge in [0.05, 0.1) is 18.0 Å². The molecule has 1 saturated carbocycles. The minimum absolute atomic E-state index is 0.211. The van der Waals surface area contributed by atoms with Crippen molar-refractivity contribution in [3.63, 3.8) is 0 Å². The van der Waals surface area contributed by atoms with Gasteiger partial charge in [-0.15, -0.1) is 0 Å². The van der Waals surface area contributed by atoms with E-state index in [2.05, 4.69) is 17.1 Å². The van der Waals surface area contributed by atoms with Crippen LogP contribution in [0.5, 0.6) is 0 Å². The number of hydrogen-bond acceptors (Lipinski definition) is 3. The molecule has 0 bridgehead atoms. The van der Waals surface area contributed by atoms with Gasteiger partial charge in [-0.2, -0.15) is 5.10 Å². The van der Waals surface area contributed by atoms with E-state index in [1.807, 2.05) is 6.92 Å². The average Bonchev–Trinajstić information content (AvgIpc) is 2.97. The summed E-state index contributed by atoms with van der Waals surface area (Å²) in [4.78, 5) is 12.1. The van der Waals surface area contributed by atoms with Crippen molar-refractivity contribution < 1.29 is 9.53 Å². The highest BCUT2D eigenvalue weighted by molar-refractivity contribution is 5.92. The number of carbonyl (C=O) groups excluding carboxylic acids is 1. The van der Waals surface area contributed by atoms with Crippen LogP contribution < -0.4 is 0 Å². The highest BCUT2D eigenvalue weighted by atomic mass is 16.5. The standard InChI is InChI=1S/C14H22N2O2/c1-3-7-11-12(14(17)18-4-2)13(16-15-11)10-8-5-6-9-10/h10H,3-9H2,1-2H3,(H,15,16). The first kappa shape index (κ1) is 13.1. The van der Waals surface area contributed by atoms with E-state index in [-0.39, 0.29) is 5.97 Å². The largest absolute Gasteiger partial charge is 0.462 e. The smallest absolute Gasteiger partial charge is 0.341 e. The fraction of sp³-hybridized carbons (Fsp3) is 0.714. The van der Waals surface area contributed by atoms with Gasteiger partial charge in [0.25, 0.3) is 0 Å². The summed E-state index contributed by atoms with van der Waals surface area (Å²) in [6, 6.07) is 0. The molecule has 4 nitrogen and oxygen atoms in total. The van der Waals surface area contributed by atoms with Gasteiger partial charge in [-0.05, 0) is 26.2 Å². The fourth-order valence-corrected chi connectivity index (χ4v) is 2.75. The Morgan fingerprint density at radius 1 is 1.39 bits per heavy atom. The summed E-state index contributed by atoms with van der Waals surface area (Å²) in [7, 11) is 0. The normalized spacial score (nSPS) is 16.1. The van der Waals surface area contributed by atoms with E-state index in [0.717, 1.165) is 37.1 Å². The lowest BCUT2D eigenvalue weighted by Crippen LogP contribution is -2.11. The Morgan fingerprint density at radius 3 is 2.72 bits per heavy atom. The molecule has 2 rings (SSSR count). The van der Waals surface area contributed by atoms with Crippen molar-refractivity contribution in [2.45, 2.75) is 58.3 Å². The SMILES string of the molecule is CCCc1[nH]nc(C2CCCC2)c1C(=O)OCC. The van der Waals surface area contributed by atoms with E-state index in [1.165, 1.54) is 12.8 Å². The number of aryl methyl sites for hydroxylation is 1. The molecule has 0 unspecified atom stereocenters. The second kappa shape index (κ2) is 6.03. The van der Waals surface area contributed by atoms with Crippen molar-refractivity contribution in [2.24, 2.45) is 0 Å². The summed E-state index contributed by atoms with van der Waals surface area (Å²) in [5.74, 6) is 0.225. The number of aromatic amines is 1. The predicted molar refractivity (Wildman–Crippen MR) is 69.7 cm³/mol. The Labute approximate surface area is 108 Å². The predicted octanol–water partition coefficient (Wildman–Crippen LogP) is 3.20. The minimum Gasteiger partial charge on any atom is -0.462 e. The van der Waals surface area contributed by atoms with Gasteiger partial charge >= 0.3 is 5.97 Å². The van der Waals surface area contributed by atoms with Crippen molar-refractivity contribution in [3.05, 3.63) is 17.0 Å². The van der Waals surface area contributed by atoms with E-state index < -0.39 is 0 Å². The van der Waals surface area contributed by atoms with Gasteiger partial charge < -0.3 is 4.74 Å². The zero-order valence-corrected chi connectivity index (χ0v) is 11.3. The maximum absolute atomic E-state index is 12.1. The van der Waals surface area contributed by atoms with E-state index in [0.29, 0.717) is 18.1 Å². The fourth-order valence-electron chi connectivity index (χ4n) is 2.75. The number of rotatable bonds is 5. The third-order valence-corrected chi connectivity index (χ3v) is 3.59. The molecule has 0 aliphatic heterocycles. The number of nitrogens with one attached hydrogen (secondary N) is 1. The molecular weight excluding hydrogens is 228 g/mol. The topological polar surface area (TPSA) is 55.0 Å². The first-order valence-corrected chi connectivity index (χ1v) is 7.02. The maximum Gasteiger partial charge on any atom is 0.341 e. The van der Waals surface area contributed by atoms with Gasteiger partial charge in [0.15, 0.2) is 0 Å². The second-order valence-corrected chi connectivity index (χ2v) is 4.91. The molecule has 18 heavy (non-hydrogen) atoms. The first-order valence-electron chi connectivity index (χ1n) is 7.02. The van der Waals surface area contributed by atoms with Crippen molar-refractivity contribution >= 4 is 5.97 Å². The quantitative estimate of drug-likeness (QED) is 0.816. The van der Waals surface area contributed by atoms with Crippen LogP contribution in [0.15, 0.2) is 0 Å². The van der Waals surface area contributed by atoms with Crippen LogP contribution in [0.25, 0.3) is 0 Å². The number of nitrogens with zero attached hydrogens (tertiary/aromatic N) is 1. The molecule has 1 aromatic heterocycles. The lowest BCUT2D eigenvalue weighted by Gasteiger charge is -2.09.